The van der Waals surface area contributed by atoms with Crippen LogP contribution in [0.25, 0.3) is 0 Å². The fraction of sp³-hybridized carbons (Fsp3) is 0.931. The largest absolute Gasteiger partial charge is 0.425 e. The third-order valence-electron chi connectivity index (χ3n) is 9.98. The van der Waals surface area contributed by atoms with Crippen LogP contribution in [0.4, 0.5) is 0 Å². The molecular formula is C29H50N2O. The molecule has 0 N–H and O–H groups in total. The molecule has 4 rings (SSSR count). The molecule has 1 aromatic heterocycles. The van der Waals surface area contributed by atoms with E-state index in [0.29, 0.717) is 11.3 Å². The molecule has 182 valence electrons. The second-order valence-corrected chi connectivity index (χ2v) is 12.0. The minimum absolute atomic E-state index is 0.501. The Morgan fingerprint density at radius 2 is 1.41 bits per heavy atom. The normalized spacial score (nSPS) is 33.8. The number of fused-ring (bicyclic) bond motifs is 3. The molecule has 0 aromatic carbocycles. The molecule has 3 nitrogen and oxygen atoms in total. The number of unbranched alkanes of at least 4 members (excludes halogenated alkanes) is 6. The van der Waals surface area contributed by atoms with Gasteiger partial charge in [-0.1, -0.05) is 78.6 Å². The zero-order valence-electron chi connectivity index (χ0n) is 21.6. The van der Waals surface area contributed by atoms with Crippen molar-refractivity contribution in [2.24, 2.45) is 35.0 Å². The van der Waals surface area contributed by atoms with Crippen molar-refractivity contribution in [3.05, 3.63) is 11.8 Å². The molecule has 6 atom stereocenters. The summed E-state index contributed by atoms with van der Waals surface area (Å²) in [7, 11) is 0. The maximum absolute atomic E-state index is 5.98. The maximum atomic E-state index is 5.98. The van der Waals surface area contributed by atoms with E-state index in [4.69, 9.17) is 4.42 Å². The fourth-order valence-electron chi connectivity index (χ4n) is 8.55. The molecule has 1 aromatic rings. The van der Waals surface area contributed by atoms with Gasteiger partial charge in [-0.15, -0.1) is 10.2 Å². The summed E-state index contributed by atoms with van der Waals surface area (Å²) < 4.78 is 5.98. The lowest BCUT2D eigenvalue weighted by Gasteiger charge is -2.46. The second-order valence-electron chi connectivity index (χ2n) is 12.0. The monoisotopic (exact) mass is 442 g/mol. The molecule has 0 spiro atoms. The molecule has 6 unspecified atom stereocenters. The first-order valence-corrected chi connectivity index (χ1v) is 14.4. The maximum Gasteiger partial charge on any atom is 0.219 e. The lowest BCUT2D eigenvalue weighted by Crippen LogP contribution is -2.37. The van der Waals surface area contributed by atoms with E-state index in [0.717, 1.165) is 41.4 Å². The highest BCUT2D eigenvalue weighted by Crippen LogP contribution is 2.68. The summed E-state index contributed by atoms with van der Waals surface area (Å²) in [5.74, 6) is 6.93. The van der Waals surface area contributed by atoms with Gasteiger partial charge in [0, 0.05) is 12.8 Å². The van der Waals surface area contributed by atoms with E-state index in [1.807, 2.05) is 6.92 Å². The Bertz CT molecular complexity index is 685. The Kier molecular flexibility index (Phi) is 8.38. The smallest absolute Gasteiger partial charge is 0.219 e. The molecule has 0 bridgehead atoms. The third-order valence-corrected chi connectivity index (χ3v) is 9.98. The summed E-state index contributed by atoms with van der Waals surface area (Å²) in [6.07, 6.45) is 22.7. The molecule has 32 heavy (non-hydrogen) atoms. The minimum Gasteiger partial charge on any atom is -0.425 e. The lowest BCUT2D eigenvalue weighted by atomic mass is 9.59. The van der Waals surface area contributed by atoms with Gasteiger partial charge in [0.05, 0.1) is 0 Å². The summed E-state index contributed by atoms with van der Waals surface area (Å²) in [4.78, 5) is 0. The Balaban J connectivity index is 1.61. The van der Waals surface area contributed by atoms with Crippen molar-refractivity contribution < 1.29 is 4.42 Å². The first-order chi connectivity index (χ1) is 15.6. The van der Waals surface area contributed by atoms with Crippen LogP contribution in [0.3, 0.4) is 0 Å². The van der Waals surface area contributed by atoms with Crippen molar-refractivity contribution in [1.29, 1.82) is 0 Å². The van der Waals surface area contributed by atoms with Crippen LogP contribution in [0, 0.1) is 41.9 Å². The lowest BCUT2D eigenvalue weighted by molar-refractivity contribution is 0.0369. The van der Waals surface area contributed by atoms with Crippen LogP contribution in [0.5, 0.6) is 0 Å². The van der Waals surface area contributed by atoms with Crippen LogP contribution in [-0.2, 0) is 0 Å². The number of hydrogen-bond donors (Lipinski definition) is 0. The van der Waals surface area contributed by atoms with Gasteiger partial charge in [-0.3, -0.25) is 0 Å². The molecule has 3 heteroatoms. The highest BCUT2D eigenvalue weighted by atomic mass is 16.4. The van der Waals surface area contributed by atoms with Gasteiger partial charge in [0.25, 0.3) is 0 Å². The van der Waals surface area contributed by atoms with Crippen LogP contribution < -0.4 is 0 Å². The summed E-state index contributed by atoms with van der Waals surface area (Å²) in [6, 6.07) is 0. The van der Waals surface area contributed by atoms with Gasteiger partial charge in [0.2, 0.25) is 11.8 Å². The van der Waals surface area contributed by atoms with Crippen LogP contribution in [0.1, 0.15) is 141 Å². The first-order valence-electron chi connectivity index (χ1n) is 14.4. The van der Waals surface area contributed by atoms with Crippen molar-refractivity contribution in [3.8, 4) is 0 Å². The molecule has 0 amide bonds. The van der Waals surface area contributed by atoms with Gasteiger partial charge in [0.1, 0.15) is 0 Å². The topological polar surface area (TPSA) is 38.9 Å². The highest BCUT2D eigenvalue weighted by molar-refractivity contribution is 5.11. The van der Waals surface area contributed by atoms with Gasteiger partial charge in [0.15, 0.2) is 0 Å². The molecule has 3 aliphatic rings. The number of nitrogens with zero attached hydrogens (tertiary/aromatic N) is 2. The fourth-order valence-corrected chi connectivity index (χ4v) is 8.55. The summed E-state index contributed by atoms with van der Waals surface area (Å²) in [5.41, 5.74) is 0.583. The average molecular weight is 443 g/mol. The molecule has 3 saturated carbocycles. The Labute approximate surface area is 197 Å². The van der Waals surface area contributed by atoms with Gasteiger partial charge >= 0.3 is 0 Å². The quantitative estimate of drug-likeness (QED) is 0.321. The predicted octanol–water partition coefficient (Wildman–Crippen LogP) is 8.87. The molecule has 0 saturated heterocycles. The average Bonchev–Trinajstić information content (AvgIpc) is 3.34. The van der Waals surface area contributed by atoms with Crippen molar-refractivity contribution in [2.45, 2.75) is 136 Å². The summed E-state index contributed by atoms with van der Waals surface area (Å²) in [5, 5.41) is 8.68. The standard InChI is InChI=1S/C29H50N2O/c1-5-7-9-11-17-29(18-12-10-8-6-2)26-19-21(3)13-15-24(26)25-16-14-23(20-27(25)29)28-31-30-22(4)32-28/h21,23-27H,5-20H2,1-4H3. The second kappa shape index (κ2) is 11.0. The zero-order chi connectivity index (χ0) is 22.6. The molecule has 3 aliphatic carbocycles. The van der Waals surface area contributed by atoms with Crippen molar-refractivity contribution >= 4 is 0 Å². The van der Waals surface area contributed by atoms with E-state index in [-0.39, 0.29) is 0 Å². The molecule has 1 heterocycles. The van der Waals surface area contributed by atoms with Crippen LogP contribution >= 0.6 is 0 Å². The van der Waals surface area contributed by atoms with Gasteiger partial charge in [-0.2, -0.15) is 0 Å². The highest BCUT2D eigenvalue weighted by Gasteiger charge is 2.60. The Hall–Kier alpha value is -0.860. The van der Waals surface area contributed by atoms with Crippen molar-refractivity contribution in [3.63, 3.8) is 0 Å². The number of rotatable bonds is 11. The van der Waals surface area contributed by atoms with Crippen LogP contribution in [0.2, 0.25) is 0 Å². The minimum atomic E-state index is 0.501. The van der Waals surface area contributed by atoms with E-state index < -0.39 is 0 Å². The van der Waals surface area contributed by atoms with E-state index in [1.54, 1.807) is 0 Å². The first kappa shape index (κ1) is 24.3. The molecule has 0 radical (unpaired) electrons. The van der Waals surface area contributed by atoms with Gasteiger partial charge < -0.3 is 4.42 Å². The number of hydrogen-bond acceptors (Lipinski definition) is 3. The molecule has 0 aliphatic heterocycles. The SMILES string of the molecule is CCCCCCC1(CCCCCC)C2CC(C)CCC2C2CCC(c3nnc(C)o3)CC21. The van der Waals surface area contributed by atoms with E-state index >= 15 is 0 Å². The molecular weight excluding hydrogens is 392 g/mol. The summed E-state index contributed by atoms with van der Waals surface area (Å²) in [6.45, 7) is 9.19. The third kappa shape index (κ3) is 4.97. The van der Waals surface area contributed by atoms with Crippen LogP contribution in [-0.4, -0.2) is 10.2 Å². The number of aryl methyl sites for hydroxylation is 1. The predicted molar refractivity (Wildman–Crippen MR) is 133 cm³/mol. The Morgan fingerprint density at radius 1 is 0.781 bits per heavy atom. The van der Waals surface area contributed by atoms with E-state index in [2.05, 4.69) is 31.0 Å². The van der Waals surface area contributed by atoms with Crippen molar-refractivity contribution in [1.82, 2.24) is 10.2 Å². The Morgan fingerprint density at radius 3 is 2.00 bits per heavy atom. The summed E-state index contributed by atoms with van der Waals surface area (Å²) >= 11 is 0. The number of aromatic nitrogens is 2. The van der Waals surface area contributed by atoms with Crippen LogP contribution in [0.15, 0.2) is 4.42 Å². The van der Waals surface area contributed by atoms with E-state index in [1.165, 1.54) is 103 Å². The van der Waals surface area contributed by atoms with Gasteiger partial charge in [-0.25, -0.2) is 0 Å². The van der Waals surface area contributed by atoms with Gasteiger partial charge in [-0.05, 0) is 80.0 Å². The van der Waals surface area contributed by atoms with Crippen molar-refractivity contribution in [2.75, 3.05) is 0 Å². The molecule has 3 fully saturated rings. The zero-order valence-corrected chi connectivity index (χ0v) is 21.6. The van der Waals surface area contributed by atoms with E-state index in [9.17, 15) is 0 Å².